The monoisotopic (exact) mass is 318 g/mol. The summed E-state index contributed by atoms with van der Waals surface area (Å²) in [5.74, 6) is 0.125. The molecule has 1 aromatic rings. The lowest BCUT2D eigenvalue weighted by atomic mass is 10.1. The van der Waals surface area contributed by atoms with Crippen LogP contribution in [-0.4, -0.2) is 74.2 Å². The maximum Gasteiger partial charge on any atom is 0.279 e. The Hall–Kier alpha value is -1.92. The van der Waals surface area contributed by atoms with Crippen LogP contribution in [0.25, 0.3) is 0 Å². The maximum absolute atomic E-state index is 12.5. The first-order chi connectivity index (χ1) is 11.1. The molecule has 3 rings (SSSR count). The number of benzene rings is 1. The van der Waals surface area contributed by atoms with Crippen LogP contribution in [-0.2, 0) is 9.53 Å². The molecule has 1 N–H and O–H groups in total. The fourth-order valence-corrected chi connectivity index (χ4v) is 3.00. The number of morpholine rings is 1. The number of aryl methyl sites for hydroxylation is 1. The molecule has 0 saturated carbocycles. The smallest absolute Gasteiger partial charge is 0.279 e. The summed E-state index contributed by atoms with van der Waals surface area (Å²) >= 11 is 0. The summed E-state index contributed by atoms with van der Waals surface area (Å²) in [5, 5.41) is 0. The third-order valence-electron chi connectivity index (χ3n) is 4.52. The molecule has 6 heteroatoms. The van der Waals surface area contributed by atoms with Gasteiger partial charge in [-0.1, -0.05) is 17.7 Å². The number of ether oxygens (including phenoxy) is 1. The van der Waals surface area contributed by atoms with Crippen molar-refractivity contribution in [3.05, 3.63) is 35.4 Å². The lowest BCUT2D eigenvalue weighted by Gasteiger charge is -2.25. The minimum Gasteiger partial charge on any atom is -0.370 e. The molecule has 2 aliphatic heterocycles. The van der Waals surface area contributed by atoms with E-state index in [4.69, 9.17) is 4.74 Å². The molecular weight excluding hydrogens is 294 g/mol. The largest absolute Gasteiger partial charge is 0.370 e. The average Bonchev–Trinajstić information content (AvgIpc) is 3.06. The number of rotatable bonds is 3. The molecule has 2 aliphatic rings. The Morgan fingerprint density at radius 3 is 2.43 bits per heavy atom. The summed E-state index contributed by atoms with van der Waals surface area (Å²) in [5.41, 5.74) is 1.82. The molecule has 2 saturated heterocycles. The summed E-state index contributed by atoms with van der Waals surface area (Å²) in [6.45, 7) is 7.33. The summed E-state index contributed by atoms with van der Waals surface area (Å²) in [6, 6.07) is 7.57. The summed E-state index contributed by atoms with van der Waals surface area (Å²) in [4.78, 5) is 29.7. The van der Waals surface area contributed by atoms with Gasteiger partial charge in [0.15, 0.2) is 6.54 Å². The van der Waals surface area contributed by atoms with Gasteiger partial charge in [0, 0.05) is 18.7 Å². The number of nitrogens with zero attached hydrogens (tertiary/aromatic N) is 2. The molecule has 1 aromatic carbocycles. The minimum atomic E-state index is -0.000908. The van der Waals surface area contributed by atoms with Gasteiger partial charge in [-0.15, -0.1) is 0 Å². The van der Waals surface area contributed by atoms with Crippen molar-refractivity contribution in [1.82, 2.24) is 9.80 Å². The first-order valence-corrected chi connectivity index (χ1v) is 8.18. The molecule has 0 bridgehead atoms. The predicted molar refractivity (Wildman–Crippen MR) is 85.2 cm³/mol. The van der Waals surface area contributed by atoms with Gasteiger partial charge >= 0.3 is 0 Å². The molecule has 0 unspecified atom stereocenters. The van der Waals surface area contributed by atoms with E-state index in [1.807, 2.05) is 31.2 Å². The highest BCUT2D eigenvalue weighted by molar-refractivity contribution is 5.94. The lowest BCUT2D eigenvalue weighted by molar-refractivity contribution is -0.900. The molecule has 0 aromatic heterocycles. The van der Waals surface area contributed by atoms with Crippen molar-refractivity contribution in [2.24, 2.45) is 0 Å². The highest BCUT2D eigenvalue weighted by atomic mass is 16.5. The number of hydrogen-bond acceptors (Lipinski definition) is 3. The van der Waals surface area contributed by atoms with E-state index in [-0.39, 0.29) is 11.8 Å². The van der Waals surface area contributed by atoms with Gasteiger partial charge in [-0.2, -0.15) is 0 Å². The number of quaternary nitrogens is 1. The van der Waals surface area contributed by atoms with Crippen LogP contribution in [0.1, 0.15) is 15.9 Å². The fraction of sp³-hybridized carbons (Fsp3) is 0.529. The van der Waals surface area contributed by atoms with Crippen molar-refractivity contribution < 1.29 is 19.2 Å². The zero-order valence-electron chi connectivity index (χ0n) is 13.6. The predicted octanol–water partition coefficient (Wildman–Crippen LogP) is -0.848. The number of hydrogen-bond donors (Lipinski definition) is 1. The highest BCUT2D eigenvalue weighted by Gasteiger charge is 2.30. The third-order valence-corrected chi connectivity index (χ3v) is 4.52. The number of amides is 2. The zero-order valence-corrected chi connectivity index (χ0v) is 13.6. The summed E-state index contributed by atoms with van der Waals surface area (Å²) < 4.78 is 5.31. The first kappa shape index (κ1) is 16.0. The normalized spacial score (nSPS) is 19.2. The van der Waals surface area contributed by atoms with Gasteiger partial charge in [-0.3, -0.25) is 9.59 Å². The van der Waals surface area contributed by atoms with Crippen LogP contribution in [0.15, 0.2) is 24.3 Å². The van der Waals surface area contributed by atoms with Crippen molar-refractivity contribution in [2.75, 3.05) is 52.6 Å². The fourth-order valence-electron chi connectivity index (χ4n) is 3.00. The van der Waals surface area contributed by atoms with E-state index < -0.39 is 0 Å². The average molecular weight is 318 g/mol. The summed E-state index contributed by atoms with van der Waals surface area (Å²) in [6.07, 6.45) is 0. The van der Waals surface area contributed by atoms with E-state index in [9.17, 15) is 9.59 Å². The second-order valence-corrected chi connectivity index (χ2v) is 6.27. The van der Waals surface area contributed by atoms with Crippen molar-refractivity contribution in [1.29, 1.82) is 0 Å². The van der Waals surface area contributed by atoms with Crippen LogP contribution < -0.4 is 4.90 Å². The molecule has 124 valence electrons. The molecular formula is C17H24N3O3+. The Balaban J connectivity index is 1.54. The second-order valence-electron chi connectivity index (χ2n) is 6.27. The van der Waals surface area contributed by atoms with E-state index in [0.717, 1.165) is 31.9 Å². The van der Waals surface area contributed by atoms with Gasteiger partial charge in [0.25, 0.3) is 11.8 Å². The number of carbonyl (C=O) groups is 2. The third kappa shape index (κ3) is 3.89. The molecule has 2 heterocycles. The van der Waals surface area contributed by atoms with Crippen LogP contribution in [0.4, 0.5) is 0 Å². The van der Waals surface area contributed by atoms with E-state index in [2.05, 4.69) is 0 Å². The first-order valence-electron chi connectivity index (χ1n) is 8.18. The lowest BCUT2D eigenvalue weighted by Crippen LogP contribution is -3.15. The van der Waals surface area contributed by atoms with Crippen molar-refractivity contribution in [2.45, 2.75) is 6.92 Å². The SMILES string of the molecule is Cc1ccc(C(=O)N2CCN(C(=O)C[NH+]3CCOCC3)C2)cc1. The molecule has 0 aliphatic carbocycles. The van der Waals surface area contributed by atoms with Gasteiger partial charge < -0.3 is 19.4 Å². The Labute approximate surface area is 136 Å². The Morgan fingerprint density at radius 2 is 1.74 bits per heavy atom. The van der Waals surface area contributed by atoms with Gasteiger partial charge in [-0.25, -0.2) is 0 Å². The van der Waals surface area contributed by atoms with Crippen molar-refractivity contribution in [3.63, 3.8) is 0 Å². The molecule has 0 spiro atoms. The van der Waals surface area contributed by atoms with Crippen LogP contribution in [0.2, 0.25) is 0 Å². The second kappa shape index (κ2) is 7.10. The maximum atomic E-state index is 12.5. The van der Waals surface area contributed by atoms with E-state index >= 15 is 0 Å². The molecule has 0 atom stereocenters. The van der Waals surface area contributed by atoms with Crippen LogP contribution >= 0.6 is 0 Å². The topological polar surface area (TPSA) is 54.3 Å². The van der Waals surface area contributed by atoms with E-state index in [1.54, 1.807) is 9.80 Å². The molecule has 0 radical (unpaired) electrons. The van der Waals surface area contributed by atoms with Crippen LogP contribution in [0.3, 0.4) is 0 Å². The molecule has 2 fully saturated rings. The highest BCUT2D eigenvalue weighted by Crippen LogP contribution is 2.12. The molecule has 2 amide bonds. The molecule has 6 nitrogen and oxygen atoms in total. The zero-order chi connectivity index (χ0) is 16.2. The quantitative estimate of drug-likeness (QED) is 0.790. The number of carbonyl (C=O) groups excluding carboxylic acids is 2. The van der Waals surface area contributed by atoms with Crippen LogP contribution in [0, 0.1) is 6.92 Å². The Morgan fingerprint density at radius 1 is 1.09 bits per heavy atom. The summed E-state index contributed by atoms with van der Waals surface area (Å²) in [7, 11) is 0. The van der Waals surface area contributed by atoms with Gasteiger partial charge in [0.05, 0.1) is 19.9 Å². The number of nitrogens with one attached hydrogen (secondary N) is 1. The van der Waals surface area contributed by atoms with Gasteiger partial charge in [0.1, 0.15) is 13.1 Å². The van der Waals surface area contributed by atoms with E-state index in [0.29, 0.717) is 31.9 Å². The Kier molecular flexibility index (Phi) is 4.93. The van der Waals surface area contributed by atoms with Crippen molar-refractivity contribution >= 4 is 11.8 Å². The Bertz CT molecular complexity index is 567. The van der Waals surface area contributed by atoms with Gasteiger partial charge in [-0.05, 0) is 19.1 Å². The minimum absolute atomic E-state index is 0.000908. The van der Waals surface area contributed by atoms with Gasteiger partial charge in [0.2, 0.25) is 0 Å². The molecule has 23 heavy (non-hydrogen) atoms. The van der Waals surface area contributed by atoms with Crippen LogP contribution in [0.5, 0.6) is 0 Å². The standard InChI is InChI=1S/C17H23N3O3/c1-14-2-4-15(5-3-14)17(22)20-7-6-19(13-20)16(21)12-18-8-10-23-11-9-18/h2-5H,6-13H2,1H3/p+1. The van der Waals surface area contributed by atoms with E-state index in [1.165, 1.54) is 4.90 Å². The van der Waals surface area contributed by atoms with Crippen molar-refractivity contribution in [3.8, 4) is 0 Å².